The van der Waals surface area contributed by atoms with E-state index in [9.17, 15) is 14.4 Å². The SMILES string of the molecule is CCC(CC)Nc1cc(C(=O)NC2CC3CCCN(c4ccc(C(=O)CCC5CCN(C)CC5)cn4)C3C2)c(C)cc1C(N)=O. The maximum Gasteiger partial charge on any atom is 0.251 e. The van der Waals surface area contributed by atoms with Gasteiger partial charge in [-0.05, 0) is 127 Å². The van der Waals surface area contributed by atoms with Gasteiger partial charge >= 0.3 is 0 Å². The average molecular weight is 617 g/mol. The zero-order valence-corrected chi connectivity index (χ0v) is 27.6. The number of primary amides is 1. The Morgan fingerprint density at radius 1 is 1.02 bits per heavy atom. The Bertz CT molecular complexity index is 1350. The fourth-order valence-corrected chi connectivity index (χ4v) is 7.69. The summed E-state index contributed by atoms with van der Waals surface area (Å²) in [5.74, 6) is 1.60. The molecule has 3 heterocycles. The van der Waals surface area contributed by atoms with Crippen molar-refractivity contribution < 1.29 is 14.4 Å². The fourth-order valence-electron chi connectivity index (χ4n) is 7.69. The van der Waals surface area contributed by atoms with Crippen LogP contribution in [0.4, 0.5) is 11.5 Å². The Kier molecular flexibility index (Phi) is 10.8. The number of piperidine rings is 2. The molecule has 1 aromatic heterocycles. The quantitative estimate of drug-likeness (QED) is 0.267. The maximum atomic E-state index is 13.6. The molecule has 2 amide bonds. The van der Waals surface area contributed by atoms with Gasteiger partial charge in [-0.3, -0.25) is 14.4 Å². The average Bonchev–Trinajstić information content (AvgIpc) is 3.46. The molecule has 0 radical (unpaired) electrons. The van der Waals surface area contributed by atoms with Gasteiger partial charge < -0.3 is 26.2 Å². The van der Waals surface area contributed by atoms with E-state index in [1.807, 2.05) is 19.1 Å². The molecule has 1 saturated carbocycles. The second kappa shape index (κ2) is 14.8. The number of nitrogens with zero attached hydrogens (tertiary/aromatic N) is 3. The van der Waals surface area contributed by atoms with E-state index >= 15 is 0 Å². The van der Waals surface area contributed by atoms with Crippen molar-refractivity contribution in [1.29, 1.82) is 0 Å². The Balaban J connectivity index is 1.21. The lowest BCUT2D eigenvalue weighted by atomic mass is 9.90. The van der Waals surface area contributed by atoms with Crippen LogP contribution in [0.15, 0.2) is 30.5 Å². The zero-order chi connectivity index (χ0) is 32.1. The number of aromatic nitrogens is 1. The Morgan fingerprint density at radius 3 is 2.44 bits per heavy atom. The van der Waals surface area contributed by atoms with E-state index in [4.69, 9.17) is 10.7 Å². The molecule has 9 nitrogen and oxygen atoms in total. The van der Waals surface area contributed by atoms with Crippen LogP contribution in [0, 0.1) is 18.8 Å². The number of ketones is 1. The normalized spacial score (nSPS) is 22.3. The standard InChI is InChI=1S/C36H52N6O3/c1-5-27(6-2)39-31-21-29(23(3)18-30(31)35(37)44)36(45)40-28-19-25-8-7-15-42(32(25)20-28)34-12-10-26(22-38-34)33(43)11-9-24-13-16-41(4)17-14-24/h10,12,18,21-22,24-25,27-28,32,39H,5-9,11,13-17,19-20H2,1-4H3,(H2,37,44)(H,40,45). The topological polar surface area (TPSA) is 121 Å². The minimum Gasteiger partial charge on any atom is -0.382 e. The van der Waals surface area contributed by atoms with E-state index in [2.05, 4.69) is 41.3 Å². The van der Waals surface area contributed by atoms with E-state index in [1.54, 1.807) is 18.3 Å². The third kappa shape index (κ3) is 7.86. The van der Waals surface area contributed by atoms with Crippen LogP contribution in [0.5, 0.6) is 0 Å². The first-order valence-corrected chi connectivity index (χ1v) is 17.1. The predicted octanol–water partition coefficient (Wildman–Crippen LogP) is 5.57. The largest absolute Gasteiger partial charge is 0.382 e. The van der Waals surface area contributed by atoms with Crippen LogP contribution in [-0.2, 0) is 0 Å². The molecule has 5 rings (SSSR count). The molecule has 9 heteroatoms. The van der Waals surface area contributed by atoms with Gasteiger partial charge in [-0.2, -0.15) is 0 Å². The number of benzene rings is 1. The molecule has 3 atom stereocenters. The highest BCUT2D eigenvalue weighted by atomic mass is 16.2. The second-order valence-electron chi connectivity index (χ2n) is 13.7. The maximum absolute atomic E-state index is 13.6. The number of aryl methyl sites for hydroxylation is 1. The summed E-state index contributed by atoms with van der Waals surface area (Å²) in [5, 5.41) is 6.74. The van der Waals surface area contributed by atoms with Gasteiger partial charge in [0.2, 0.25) is 0 Å². The van der Waals surface area contributed by atoms with Crippen LogP contribution in [0.25, 0.3) is 0 Å². The lowest BCUT2D eigenvalue weighted by Gasteiger charge is -2.38. The Morgan fingerprint density at radius 2 is 1.78 bits per heavy atom. The van der Waals surface area contributed by atoms with Crippen molar-refractivity contribution >= 4 is 29.1 Å². The van der Waals surface area contributed by atoms with E-state index < -0.39 is 5.91 Å². The summed E-state index contributed by atoms with van der Waals surface area (Å²) in [6, 6.07) is 8.02. The van der Waals surface area contributed by atoms with Gasteiger partial charge in [-0.1, -0.05) is 13.8 Å². The van der Waals surface area contributed by atoms with Crippen LogP contribution in [0.1, 0.15) is 115 Å². The number of hydrogen-bond donors (Lipinski definition) is 3. The summed E-state index contributed by atoms with van der Waals surface area (Å²) in [6.07, 6.45) is 11.5. The molecule has 4 N–H and O–H groups in total. The molecule has 3 aliphatic rings. The van der Waals surface area contributed by atoms with Crippen LogP contribution < -0.4 is 21.3 Å². The van der Waals surface area contributed by atoms with E-state index in [0.717, 1.165) is 76.0 Å². The van der Waals surface area contributed by atoms with Gasteiger partial charge in [0.25, 0.3) is 11.8 Å². The molecule has 3 unspecified atom stereocenters. The predicted molar refractivity (Wildman–Crippen MR) is 180 cm³/mol. The number of pyridine rings is 1. The third-order valence-corrected chi connectivity index (χ3v) is 10.6. The van der Waals surface area contributed by atoms with Crippen molar-refractivity contribution in [3.63, 3.8) is 0 Å². The highest BCUT2D eigenvalue weighted by molar-refractivity contribution is 6.03. The molecule has 0 spiro atoms. The monoisotopic (exact) mass is 616 g/mol. The van der Waals surface area contributed by atoms with Gasteiger partial charge in [0, 0.05) is 54.1 Å². The molecule has 0 bridgehead atoms. The van der Waals surface area contributed by atoms with Gasteiger partial charge in [0.15, 0.2) is 5.78 Å². The number of nitrogens with one attached hydrogen (secondary N) is 2. The second-order valence-corrected chi connectivity index (χ2v) is 13.7. The van der Waals surface area contributed by atoms with Crippen LogP contribution in [0.2, 0.25) is 0 Å². The molecular weight excluding hydrogens is 564 g/mol. The number of anilines is 2. The summed E-state index contributed by atoms with van der Waals surface area (Å²) in [6.45, 7) is 9.22. The molecule has 2 aliphatic heterocycles. The first kappa shape index (κ1) is 32.9. The lowest BCUT2D eigenvalue weighted by molar-refractivity contribution is 0.0933. The number of amides is 2. The van der Waals surface area contributed by atoms with Gasteiger partial charge in [-0.15, -0.1) is 0 Å². The minimum absolute atomic E-state index is 0.0548. The third-order valence-electron chi connectivity index (χ3n) is 10.6. The van der Waals surface area contributed by atoms with Crippen molar-refractivity contribution in [2.45, 2.75) is 103 Å². The van der Waals surface area contributed by atoms with Crippen molar-refractivity contribution in [2.24, 2.45) is 17.6 Å². The first-order valence-electron chi connectivity index (χ1n) is 17.1. The first-order chi connectivity index (χ1) is 21.7. The number of nitrogens with two attached hydrogens (primary N) is 1. The van der Waals surface area contributed by atoms with Gasteiger partial charge in [0.1, 0.15) is 5.82 Å². The fraction of sp³-hybridized carbons (Fsp3) is 0.611. The molecule has 2 saturated heterocycles. The number of likely N-dealkylation sites (tertiary alicyclic amines) is 1. The minimum atomic E-state index is -0.503. The molecule has 2 aromatic rings. The Labute approximate surface area is 268 Å². The Hall–Kier alpha value is -3.46. The number of Topliss-reactive ketones (excluding diaryl/α,β-unsaturated/α-hetero) is 1. The highest BCUT2D eigenvalue weighted by Crippen LogP contribution is 2.39. The smallest absolute Gasteiger partial charge is 0.251 e. The van der Waals surface area contributed by atoms with E-state index in [1.165, 1.54) is 12.8 Å². The van der Waals surface area contributed by atoms with Crippen LogP contribution >= 0.6 is 0 Å². The van der Waals surface area contributed by atoms with Crippen LogP contribution in [0.3, 0.4) is 0 Å². The molecule has 244 valence electrons. The van der Waals surface area contributed by atoms with Crippen molar-refractivity contribution in [3.05, 3.63) is 52.7 Å². The van der Waals surface area contributed by atoms with Crippen molar-refractivity contribution in [2.75, 3.05) is 36.9 Å². The summed E-state index contributed by atoms with van der Waals surface area (Å²) < 4.78 is 0. The highest BCUT2D eigenvalue weighted by Gasteiger charge is 2.41. The summed E-state index contributed by atoms with van der Waals surface area (Å²) >= 11 is 0. The van der Waals surface area contributed by atoms with E-state index in [-0.39, 0.29) is 23.8 Å². The summed E-state index contributed by atoms with van der Waals surface area (Å²) in [7, 11) is 2.16. The molecular formula is C36H52N6O3. The van der Waals surface area contributed by atoms with E-state index in [0.29, 0.717) is 46.7 Å². The number of carbonyl (C=O) groups excluding carboxylic acids is 3. The van der Waals surface area contributed by atoms with Gasteiger partial charge in [-0.25, -0.2) is 4.98 Å². The number of rotatable bonds is 12. The molecule has 1 aliphatic carbocycles. The number of carbonyl (C=O) groups is 3. The summed E-state index contributed by atoms with van der Waals surface area (Å²) in [5.41, 5.74) is 8.72. The summed E-state index contributed by atoms with van der Waals surface area (Å²) in [4.78, 5) is 48.2. The molecule has 1 aromatic carbocycles. The van der Waals surface area contributed by atoms with Gasteiger partial charge in [0.05, 0.1) is 5.56 Å². The molecule has 3 fully saturated rings. The number of hydrogen-bond acceptors (Lipinski definition) is 7. The lowest BCUT2D eigenvalue weighted by Crippen LogP contribution is -2.43. The van der Waals surface area contributed by atoms with Crippen molar-refractivity contribution in [3.8, 4) is 0 Å². The number of fused-ring (bicyclic) bond motifs is 1. The van der Waals surface area contributed by atoms with Crippen LogP contribution in [-0.4, -0.2) is 72.3 Å². The molecule has 45 heavy (non-hydrogen) atoms. The van der Waals surface area contributed by atoms with Crippen molar-refractivity contribution in [1.82, 2.24) is 15.2 Å². The zero-order valence-electron chi connectivity index (χ0n) is 27.6.